The van der Waals surface area contributed by atoms with Gasteiger partial charge in [-0.3, -0.25) is 5.01 Å². The molecule has 10 heteroatoms. The molecule has 2 aromatic heterocycles. The fourth-order valence-corrected chi connectivity index (χ4v) is 5.18. The van der Waals surface area contributed by atoms with Crippen molar-refractivity contribution in [2.45, 2.75) is 16.7 Å². The Morgan fingerprint density at radius 1 is 1.25 bits per heavy atom. The van der Waals surface area contributed by atoms with Crippen LogP contribution in [-0.4, -0.2) is 14.9 Å². The van der Waals surface area contributed by atoms with Gasteiger partial charge in [0.1, 0.15) is 10.4 Å². The van der Waals surface area contributed by atoms with Gasteiger partial charge in [-0.05, 0) is 23.2 Å². The molecule has 4 heterocycles. The van der Waals surface area contributed by atoms with Crippen LogP contribution in [0.15, 0.2) is 33.1 Å². The summed E-state index contributed by atoms with van der Waals surface area (Å²) in [5.41, 5.74) is 0. The largest absolute Gasteiger partial charge is 0.453 e. The third-order valence-corrected chi connectivity index (χ3v) is 6.05. The number of halogens is 3. The van der Waals surface area contributed by atoms with Gasteiger partial charge in [-0.25, -0.2) is 4.68 Å². The topological polar surface area (TPSA) is 34.0 Å². The number of alkyl halides is 3. The first kappa shape index (κ1) is 12.6. The predicted molar refractivity (Wildman–Crippen MR) is 71.8 cm³/mol. The molecule has 4 rings (SSSR count). The first-order chi connectivity index (χ1) is 9.55. The summed E-state index contributed by atoms with van der Waals surface area (Å²) in [6.45, 7) is 0. The average Bonchev–Trinajstić information content (AvgIpc) is 3.08. The molecule has 0 bridgehead atoms. The van der Waals surface area contributed by atoms with E-state index in [-0.39, 0.29) is 10.5 Å². The van der Waals surface area contributed by atoms with Gasteiger partial charge in [0, 0.05) is 10.3 Å². The van der Waals surface area contributed by atoms with Crippen LogP contribution in [0.5, 0.6) is 0 Å². The molecule has 0 fully saturated rings. The normalized spacial score (nSPS) is 21.1. The number of thioether (sulfide) groups is 2. The third-order valence-electron chi connectivity index (χ3n) is 2.81. The number of nitrogens with zero attached hydrogens (tertiary/aromatic N) is 4. The molecular weight excluding hydrogens is 329 g/mol. The number of hydrogen-bond acceptors (Lipinski definition) is 6. The Labute approximate surface area is 123 Å². The van der Waals surface area contributed by atoms with Crippen molar-refractivity contribution in [3.05, 3.63) is 38.7 Å². The first-order valence-electron chi connectivity index (χ1n) is 5.45. The maximum atomic E-state index is 13.0. The van der Waals surface area contributed by atoms with Crippen molar-refractivity contribution in [3.8, 4) is 0 Å². The Hall–Kier alpha value is -1.13. The van der Waals surface area contributed by atoms with Gasteiger partial charge in [-0.2, -0.15) is 13.2 Å². The van der Waals surface area contributed by atoms with Crippen LogP contribution < -0.4 is 5.01 Å². The molecule has 1 unspecified atom stereocenters. The number of thiophene rings is 1. The second kappa shape index (κ2) is 4.18. The predicted octanol–water partition coefficient (Wildman–Crippen LogP) is 3.65. The van der Waals surface area contributed by atoms with Crippen molar-refractivity contribution in [1.82, 2.24) is 14.9 Å². The van der Waals surface area contributed by atoms with E-state index in [1.807, 2.05) is 22.9 Å². The minimum Gasteiger partial charge on any atom is -0.251 e. The Morgan fingerprint density at radius 3 is 2.80 bits per heavy atom. The van der Waals surface area contributed by atoms with Gasteiger partial charge in [0.15, 0.2) is 0 Å². The van der Waals surface area contributed by atoms with Crippen molar-refractivity contribution in [3.63, 3.8) is 0 Å². The Kier molecular flexibility index (Phi) is 2.63. The van der Waals surface area contributed by atoms with E-state index in [0.717, 1.165) is 14.6 Å². The highest BCUT2D eigenvalue weighted by atomic mass is 32.2. The van der Waals surface area contributed by atoms with Crippen LogP contribution in [0, 0.1) is 0 Å². The summed E-state index contributed by atoms with van der Waals surface area (Å²) in [6, 6.07) is 3.80. The summed E-state index contributed by atoms with van der Waals surface area (Å²) in [6.07, 6.45) is -4.52. The lowest BCUT2D eigenvalue weighted by Crippen LogP contribution is -2.32. The van der Waals surface area contributed by atoms with Crippen molar-refractivity contribution < 1.29 is 13.2 Å². The summed E-state index contributed by atoms with van der Waals surface area (Å²) >= 11 is 4.21. The first-order valence-corrected chi connectivity index (χ1v) is 8.08. The van der Waals surface area contributed by atoms with E-state index in [9.17, 15) is 13.2 Å². The molecule has 2 aliphatic heterocycles. The highest BCUT2D eigenvalue weighted by Gasteiger charge is 2.47. The lowest BCUT2D eigenvalue weighted by molar-refractivity contribution is -0.147. The van der Waals surface area contributed by atoms with Gasteiger partial charge in [-0.15, -0.1) is 21.5 Å². The molecule has 2 aromatic rings. The minimum atomic E-state index is -4.52. The van der Waals surface area contributed by atoms with Gasteiger partial charge < -0.3 is 0 Å². The quantitative estimate of drug-likeness (QED) is 0.795. The number of rotatable bonds is 1. The van der Waals surface area contributed by atoms with E-state index < -0.39 is 12.0 Å². The van der Waals surface area contributed by atoms with E-state index in [0.29, 0.717) is 0 Å². The molecule has 0 aromatic carbocycles. The zero-order valence-corrected chi connectivity index (χ0v) is 12.0. The lowest BCUT2D eigenvalue weighted by Gasteiger charge is -2.24. The second-order valence-electron chi connectivity index (χ2n) is 4.02. The minimum absolute atomic E-state index is 0.198. The van der Waals surface area contributed by atoms with Crippen molar-refractivity contribution >= 4 is 34.9 Å². The standard InChI is InChI=1S/C10H5F3N4S3/c11-10(12,13)8-14-15-9-17(8)16-6(20-9)4-19-7(16)5-2-1-3-18-5/h1-4,7H. The smallest absolute Gasteiger partial charge is 0.251 e. The molecule has 0 N–H and O–H groups in total. The Balaban J connectivity index is 1.82. The Bertz CT molecular complexity index is 691. The van der Waals surface area contributed by atoms with Gasteiger partial charge in [-0.1, -0.05) is 17.8 Å². The number of fused-ring (bicyclic) bond motifs is 3. The summed E-state index contributed by atoms with van der Waals surface area (Å²) in [5, 5.41) is 13.1. The summed E-state index contributed by atoms with van der Waals surface area (Å²) in [5.74, 6) is -0.979. The second-order valence-corrected chi connectivity index (χ2v) is 6.94. The Morgan fingerprint density at radius 2 is 2.10 bits per heavy atom. The van der Waals surface area contributed by atoms with Crippen LogP contribution in [0.25, 0.3) is 0 Å². The molecule has 104 valence electrons. The van der Waals surface area contributed by atoms with Crippen LogP contribution in [0.1, 0.15) is 16.1 Å². The molecule has 0 amide bonds. The van der Waals surface area contributed by atoms with E-state index in [1.165, 1.54) is 34.9 Å². The fourth-order valence-electron chi connectivity index (χ4n) is 2.04. The van der Waals surface area contributed by atoms with Gasteiger partial charge in [0.25, 0.3) is 5.82 Å². The van der Waals surface area contributed by atoms with Gasteiger partial charge >= 0.3 is 6.18 Å². The summed E-state index contributed by atoms with van der Waals surface area (Å²) < 4.78 is 40.1. The number of aromatic nitrogens is 3. The third kappa shape index (κ3) is 1.71. The molecule has 2 aliphatic rings. The zero-order chi connectivity index (χ0) is 13.9. The van der Waals surface area contributed by atoms with Crippen molar-refractivity contribution in [2.24, 2.45) is 0 Å². The molecular formula is C10H5F3N4S3. The number of hydrogen-bond donors (Lipinski definition) is 0. The summed E-state index contributed by atoms with van der Waals surface area (Å²) in [7, 11) is 0. The molecule has 20 heavy (non-hydrogen) atoms. The lowest BCUT2D eigenvalue weighted by atomic mass is 10.4. The van der Waals surface area contributed by atoms with Crippen LogP contribution in [0.4, 0.5) is 13.2 Å². The van der Waals surface area contributed by atoms with Crippen LogP contribution in [0.2, 0.25) is 0 Å². The maximum Gasteiger partial charge on any atom is 0.453 e. The van der Waals surface area contributed by atoms with Crippen LogP contribution >= 0.6 is 34.9 Å². The molecule has 0 aliphatic carbocycles. The highest BCUT2D eigenvalue weighted by Crippen LogP contribution is 2.52. The highest BCUT2D eigenvalue weighted by molar-refractivity contribution is 8.07. The van der Waals surface area contributed by atoms with Gasteiger partial charge in [0.2, 0.25) is 5.16 Å². The van der Waals surface area contributed by atoms with Crippen LogP contribution in [0.3, 0.4) is 0 Å². The fraction of sp³-hybridized carbons (Fsp3) is 0.200. The van der Waals surface area contributed by atoms with E-state index in [1.54, 1.807) is 5.01 Å². The van der Waals surface area contributed by atoms with E-state index in [2.05, 4.69) is 10.2 Å². The summed E-state index contributed by atoms with van der Waals surface area (Å²) in [4.78, 5) is 0.997. The molecule has 0 saturated heterocycles. The molecule has 0 radical (unpaired) electrons. The SMILES string of the molecule is FC(F)(F)c1nnc2n1N1C(=CSC1c1cccs1)S2. The monoisotopic (exact) mass is 334 g/mol. The molecule has 0 saturated carbocycles. The van der Waals surface area contributed by atoms with Crippen molar-refractivity contribution in [1.29, 1.82) is 0 Å². The van der Waals surface area contributed by atoms with Gasteiger partial charge in [0.05, 0.1) is 0 Å². The average molecular weight is 334 g/mol. The van der Waals surface area contributed by atoms with E-state index >= 15 is 0 Å². The molecule has 1 atom stereocenters. The van der Waals surface area contributed by atoms with Crippen molar-refractivity contribution in [2.75, 3.05) is 5.01 Å². The molecule has 4 nitrogen and oxygen atoms in total. The van der Waals surface area contributed by atoms with Crippen LogP contribution in [-0.2, 0) is 6.18 Å². The van der Waals surface area contributed by atoms with E-state index in [4.69, 9.17) is 0 Å². The zero-order valence-electron chi connectivity index (χ0n) is 9.53. The molecule has 0 spiro atoms. The maximum absolute atomic E-state index is 13.0.